The van der Waals surface area contributed by atoms with Crippen molar-refractivity contribution in [3.8, 4) is 5.75 Å². The number of carbonyl (C=O) groups is 4. The molecule has 1 N–H and O–H groups in total. The van der Waals surface area contributed by atoms with E-state index in [2.05, 4.69) is 5.32 Å². The number of nitrogens with one attached hydrogen (secondary N) is 1. The van der Waals surface area contributed by atoms with Crippen molar-refractivity contribution >= 4 is 29.4 Å². The molecule has 1 aromatic rings. The van der Waals surface area contributed by atoms with E-state index in [1.165, 1.54) is 6.92 Å². The molecule has 0 radical (unpaired) electrons. The fourth-order valence-electron chi connectivity index (χ4n) is 5.21. The number of rotatable bonds is 7. The third kappa shape index (κ3) is 3.44. The summed E-state index contributed by atoms with van der Waals surface area (Å²) in [5.74, 6) is -1.39. The number of nitrogens with zero attached hydrogens (tertiary/aromatic N) is 1. The van der Waals surface area contributed by atoms with Crippen LogP contribution in [0.2, 0.25) is 0 Å². The van der Waals surface area contributed by atoms with Gasteiger partial charge < -0.3 is 14.8 Å². The molecule has 3 fully saturated rings. The monoisotopic (exact) mass is 414 g/mol. The van der Waals surface area contributed by atoms with Gasteiger partial charge in [-0.3, -0.25) is 19.3 Å². The highest BCUT2D eigenvalue weighted by molar-refractivity contribution is 6.08. The van der Waals surface area contributed by atoms with Crippen LogP contribution in [0.4, 0.5) is 5.69 Å². The number of anilines is 1. The fourth-order valence-corrected chi connectivity index (χ4v) is 5.21. The highest BCUT2D eigenvalue weighted by Gasteiger charge is 2.62. The molecule has 3 amide bonds. The minimum atomic E-state index is -1.04. The largest absolute Gasteiger partial charge is 0.492 e. The van der Waals surface area contributed by atoms with Crippen LogP contribution < -0.4 is 10.1 Å². The lowest BCUT2D eigenvalue weighted by atomic mass is 9.81. The van der Waals surface area contributed by atoms with Crippen LogP contribution in [0.3, 0.4) is 0 Å². The lowest BCUT2D eigenvalue weighted by Gasteiger charge is -2.23. The van der Waals surface area contributed by atoms with E-state index >= 15 is 0 Å². The maximum Gasteiger partial charge on any atom is 0.329 e. The first-order chi connectivity index (χ1) is 14.4. The Morgan fingerprint density at radius 3 is 2.40 bits per heavy atom. The number of fused-ring (bicyclic) bond motifs is 5. The van der Waals surface area contributed by atoms with Gasteiger partial charge in [0.15, 0.2) is 6.61 Å². The third-order valence-corrected chi connectivity index (χ3v) is 6.50. The molecule has 2 saturated carbocycles. The number of benzene rings is 1. The van der Waals surface area contributed by atoms with Gasteiger partial charge in [0.1, 0.15) is 11.8 Å². The average molecular weight is 414 g/mol. The van der Waals surface area contributed by atoms with Gasteiger partial charge in [0.05, 0.1) is 24.1 Å². The highest BCUT2D eigenvalue weighted by atomic mass is 16.5. The molecule has 1 aromatic carbocycles. The first-order valence-corrected chi connectivity index (χ1v) is 10.5. The molecule has 5 atom stereocenters. The standard InChI is InChI=1S/C22H26N2O6/c1-3-29-16-7-5-4-6-15(16)23-17(25)11-30-22(28)12(2)24-20(26)18-13-8-9-14(10-13)19(18)21(24)27/h4-7,12-14,18-19H,3,8-11H2,1-2H3,(H,23,25)/t12-,13-,14-,18-,19+/m0/s1. The summed E-state index contributed by atoms with van der Waals surface area (Å²) in [6, 6.07) is 5.90. The van der Waals surface area contributed by atoms with Crippen molar-refractivity contribution in [2.24, 2.45) is 23.7 Å². The number of ether oxygens (including phenoxy) is 2. The van der Waals surface area contributed by atoms with Gasteiger partial charge >= 0.3 is 5.97 Å². The quantitative estimate of drug-likeness (QED) is 0.541. The molecule has 1 heterocycles. The van der Waals surface area contributed by atoms with Gasteiger partial charge in [-0.05, 0) is 57.1 Å². The number of likely N-dealkylation sites (tertiary alicyclic amines) is 1. The molecular weight excluding hydrogens is 388 g/mol. The van der Waals surface area contributed by atoms with E-state index < -0.39 is 24.5 Å². The molecule has 8 heteroatoms. The van der Waals surface area contributed by atoms with Crippen LogP contribution in [-0.4, -0.2) is 47.8 Å². The van der Waals surface area contributed by atoms with Gasteiger partial charge in [0.2, 0.25) is 11.8 Å². The summed E-state index contributed by atoms with van der Waals surface area (Å²) in [4.78, 5) is 51.4. The Bertz CT molecular complexity index is 856. The molecule has 160 valence electrons. The van der Waals surface area contributed by atoms with Gasteiger partial charge in [0, 0.05) is 0 Å². The number of hydrogen-bond acceptors (Lipinski definition) is 6. The lowest BCUT2D eigenvalue weighted by molar-refractivity contribution is -0.159. The van der Waals surface area contributed by atoms with E-state index in [-0.39, 0.29) is 35.5 Å². The van der Waals surface area contributed by atoms with E-state index in [0.29, 0.717) is 18.0 Å². The molecule has 3 aliphatic rings. The molecule has 8 nitrogen and oxygen atoms in total. The lowest BCUT2D eigenvalue weighted by Crippen LogP contribution is -2.45. The highest BCUT2D eigenvalue weighted by Crippen LogP contribution is 2.56. The Morgan fingerprint density at radius 2 is 1.77 bits per heavy atom. The predicted molar refractivity (Wildman–Crippen MR) is 106 cm³/mol. The van der Waals surface area contributed by atoms with Crippen molar-refractivity contribution < 1.29 is 28.7 Å². The van der Waals surface area contributed by atoms with Crippen molar-refractivity contribution in [1.29, 1.82) is 0 Å². The van der Waals surface area contributed by atoms with Gasteiger partial charge in [-0.25, -0.2) is 4.79 Å². The molecular formula is C22H26N2O6. The average Bonchev–Trinajstić information content (AvgIpc) is 3.41. The molecule has 2 bridgehead atoms. The number of imide groups is 1. The van der Waals surface area contributed by atoms with Crippen LogP contribution in [0.1, 0.15) is 33.1 Å². The zero-order chi connectivity index (χ0) is 21.4. The molecule has 1 aliphatic heterocycles. The van der Waals surface area contributed by atoms with Crippen molar-refractivity contribution in [1.82, 2.24) is 4.90 Å². The summed E-state index contributed by atoms with van der Waals surface area (Å²) >= 11 is 0. The second-order valence-corrected chi connectivity index (χ2v) is 8.19. The van der Waals surface area contributed by atoms with E-state index in [9.17, 15) is 19.2 Å². The maximum atomic E-state index is 12.8. The Balaban J connectivity index is 1.34. The van der Waals surface area contributed by atoms with Crippen molar-refractivity contribution in [3.63, 3.8) is 0 Å². The van der Waals surface area contributed by atoms with E-state index in [1.807, 2.05) is 6.92 Å². The first kappa shape index (κ1) is 20.4. The summed E-state index contributed by atoms with van der Waals surface area (Å²) in [6.45, 7) is 3.24. The zero-order valence-electron chi connectivity index (χ0n) is 17.1. The van der Waals surface area contributed by atoms with Gasteiger partial charge in [-0.15, -0.1) is 0 Å². The van der Waals surface area contributed by atoms with Crippen LogP contribution in [0.5, 0.6) is 5.75 Å². The Morgan fingerprint density at radius 1 is 1.13 bits per heavy atom. The van der Waals surface area contributed by atoms with Crippen molar-refractivity contribution in [2.75, 3.05) is 18.5 Å². The second kappa shape index (κ2) is 8.08. The smallest absolute Gasteiger partial charge is 0.329 e. The molecule has 0 unspecified atom stereocenters. The number of amides is 3. The third-order valence-electron chi connectivity index (χ3n) is 6.50. The van der Waals surface area contributed by atoms with Crippen LogP contribution in [0.15, 0.2) is 24.3 Å². The SMILES string of the molecule is CCOc1ccccc1NC(=O)COC(=O)[C@H](C)N1C(=O)[C@@H]2[C@H]3CC[C@@H](C3)[C@@H]2C1=O. The number of para-hydroxylation sites is 2. The van der Waals surface area contributed by atoms with Crippen molar-refractivity contribution in [2.45, 2.75) is 39.2 Å². The topological polar surface area (TPSA) is 102 Å². The molecule has 0 spiro atoms. The Hall–Kier alpha value is -2.90. The number of carbonyl (C=O) groups excluding carboxylic acids is 4. The molecule has 4 rings (SSSR count). The van der Waals surface area contributed by atoms with Crippen LogP contribution >= 0.6 is 0 Å². The number of hydrogen-bond donors (Lipinski definition) is 1. The predicted octanol–water partition coefficient (Wildman–Crippen LogP) is 1.99. The van der Waals surface area contributed by atoms with Gasteiger partial charge in [-0.1, -0.05) is 12.1 Å². The minimum absolute atomic E-state index is 0.251. The summed E-state index contributed by atoms with van der Waals surface area (Å²) in [7, 11) is 0. The Labute approximate surface area is 174 Å². The molecule has 30 heavy (non-hydrogen) atoms. The summed E-state index contributed by atoms with van der Waals surface area (Å²) in [5, 5.41) is 2.64. The molecule has 0 aromatic heterocycles. The first-order valence-electron chi connectivity index (χ1n) is 10.5. The molecule has 1 saturated heterocycles. The van der Waals surface area contributed by atoms with E-state index in [0.717, 1.165) is 24.2 Å². The summed E-state index contributed by atoms with van der Waals surface area (Å²) in [6.07, 6.45) is 2.88. The van der Waals surface area contributed by atoms with Gasteiger partial charge in [-0.2, -0.15) is 0 Å². The second-order valence-electron chi connectivity index (χ2n) is 8.19. The zero-order valence-corrected chi connectivity index (χ0v) is 17.1. The van der Waals surface area contributed by atoms with Crippen LogP contribution in [0.25, 0.3) is 0 Å². The van der Waals surface area contributed by atoms with Crippen LogP contribution in [-0.2, 0) is 23.9 Å². The Kier molecular flexibility index (Phi) is 5.49. The van der Waals surface area contributed by atoms with E-state index in [4.69, 9.17) is 9.47 Å². The number of esters is 1. The minimum Gasteiger partial charge on any atom is -0.492 e. The van der Waals surface area contributed by atoms with Crippen molar-refractivity contribution in [3.05, 3.63) is 24.3 Å². The molecule has 2 aliphatic carbocycles. The fraction of sp³-hybridized carbons (Fsp3) is 0.545. The summed E-state index contributed by atoms with van der Waals surface area (Å²) in [5.41, 5.74) is 0.474. The van der Waals surface area contributed by atoms with Gasteiger partial charge in [0.25, 0.3) is 5.91 Å². The van der Waals surface area contributed by atoms with Crippen LogP contribution in [0, 0.1) is 23.7 Å². The van der Waals surface area contributed by atoms with E-state index in [1.54, 1.807) is 24.3 Å². The maximum absolute atomic E-state index is 12.8. The normalized spacial score (nSPS) is 27.7. The summed E-state index contributed by atoms with van der Waals surface area (Å²) < 4.78 is 10.5.